The predicted molar refractivity (Wildman–Crippen MR) is 112 cm³/mol. The van der Waals surface area contributed by atoms with Crippen LogP contribution in [0.5, 0.6) is 0 Å². The monoisotopic (exact) mass is 416 g/mol. The van der Waals surface area contributed by atoms with Crippen molar-refractivity contribution in [3.05, 3.63) is 71.8 Å². The summed E-state index contributed by atoms with van der Waals surface area (Å²) in [4.78, 5) is 36.2. The molecule has 2 aromatic carbocycles. The van der Waals surface area contributed by atoms with E-state index in [2.05, 4.69) is 23.3 Å². The van der Waals surface area contributed by atoms with Gasteiger partial charge in [0.25, 0.3) is 0 Å². The fourth-order valence-corrected chi connectivity index (χ4v) is 2.88. The number of thiol groups is 1. The van der Waals surface area contributed by atoms with Gasteiger partial charge in [0.1, 0.15) is 18.7 Å². The van der Waals surface area contributed by atoms with Crippen molar-refractivity contribution in [2.24, 2.45) is 0 Å². The molecule has 7 nitrogen and oxygen atoms in total. The molecule has 2 atom stereocenters. The van der Waals surface area contributed by atoms with Crippen molar-refractivity contribution in [1.29, 1.82) is 0 Å². The summed E-state index contributed by atoms with van der Waals surface area (Å²) in [5.41, 5.74) is 1.63. The highest BCUT2D eigenvalue weighted by Crippen LogP contribution is 2.06. The lowest BCUT2D eigenvalue weighted by atomic mass is 10.0. The first-order valence-corrected chi connectivity index (χ1v) is 9.78. The second-order valence-corrected chi connectivity index (χ2v) is 6.81. The molecule has 29 heavy (non-hydrogen) atoms. The maximum Gasteiger partial charge on any atom is 0.408 e. The van der Waals surface area contributed by atoms with E-state index in [0.29, 0.717) is 5.75 Å². The van der Waals surface area contributed by atoms with Gasteiger partial charge in [0, 0.05) is 6.42 Å². The van der Waals surface area contributed by atoms with E-state index in [0.717, 1.165) is 11.1 Å². The first-order chi connectivity index (χ1) is 14.0. The van der Waals surface area contributed by atoms with Gasteiger partial charge in [0.2, 0.25) is 5.91 Å². The lowest BCUT2D eigenvalue weighted by molar-refractivity contribution is -0.142. The standard InChI is InChI=1S/C21H24N2O5S/c24-19(22-17(11-12-29)20(25)26)18(13-15-7-3-1-4-8-15)23-21(27)28-14-16-9-5-2-6-10-16/h1-10,17-18,29H,11-14H2,(H,22,24)(H,23,27)(H,25,26)/t17-,18+/m1/s1. The van der Waals surface area contributed by atoms with Gasteiger partial charge in [-0.1, -0.05) is 60.7 Å². The van der Waals surface area contributed by atoms with Crippen molar-refractivity contribution in [1.82, 2.24) is 10.6 Å². The highest BCUT2D eigenvalue weighted by Gasteiger charge is 2.26. The Labute approximate surface area is 174 Å². The molecule has 8 heteroatoms. The van der Waals surface area contributed by atoms with Crippen LogP contribution in [0, 0.1) is 0 Å². The Kier molecular flexibility index (Phi) is 9.04. The molecule has 0 saturated heterocycles. The summed E-state index contributed by atoms with van der Waals surface area (Å²) in [5, 5.41) is 14.3. The van der Waals surface area contributed by atoms with Gasteiger partial charge in [0.05, 0.1) is 0 Å². The fraction of sp³-hybridized carbons (Fsp3) is 0.286. The molecule has 2 aromatic rings. The third kappa shape index (κ3) is 7.87. The Morgan fingerprint density at radius 3 is 2.03 bits per heavy atom. The molecular formula is C21H24N2O5S. The summed E-state index contributed by atoms with van der Waals surface area (Å²) >= 11 is 4.02. The van der Waals surface area contributed by atoms with Crippen LogP contribution in [0.3, 0.4) is 0 Å². The maximum absolute atomic E-state index is 12.7. The molecule has 0 radical (unpaired) electrons. The normalized spacial score (nSPS) is 12.4. The Hall–Kier alpha value is -3.00. The van der Waals surface area contributed by atoms with Crippen LogP contribution in [0.15, 0.2) is 60.7 Å². The summed E-state index contributed by atoms with van der Waals surface area (Å²) in [6.07, 6.45) is -0.396. The van der Waals surface area contributed by atoms with Crippen molar-refractivity contribution in [2.45, 2.75) is 31.5 Å². The van der Waals surface area contributed by atoms with E-state index < -0.39 is 30.1 Å². The van der Waals surface area contributed by atoms with Crippen LogP contribution in [-0.2, 0) is 27.4 Å². The van der Waals surface area contributed by atoms with E-state index in [1.807, 2.05) is 60.7 Å². The number of carbonyl (C=O) groups excluding carboxylic acids is 2. The first kappa shape index (κ1) is 22.3. The number of carboxylic acids is 1. The number of ether oxygens (including phenoxy) is 1. The molecule has 2 rings (SSSR count). The number of amides is 2. The van der Waals surface area contributed by atoms with E-state index >= 15 is 0 Å². The molecular weight excluding hydrogens is 392 g/mol. The van der Waals surface area contributed by atoms with Gasteiger partial charge >= 0.3 is 12.1 Å². The molecule has 2 amide bonds. The molecule has 0 aromatic heterocycles. The van der Waals surface area contributed by atoms with Crippen LogP contribution in [-0.4, -0.2) is 40.9 Å². The minimum Gasteiger partial charge on any atom is -0.480 e. The molecule has 0 fully saturated rings. The molecule has 0 aliphatic carbocycles. The highest BCUT2D eigenvalue weighted by atomic mass is 32.1. The third-order valence-corrected chi connectivity index (χ3v) is 4.39. The predicted octanol–water partition coefficient (Wildman–Crippen LogP) is 2.41. The molecule has 0 bridgehead atoms. The Balaban J connectivity index is 2.04. The first-order valence-electron chi connectivity index (χ1n) is 9.14. The van der Waals surface area contributed by atoms with E-state index in [1.54, 1.807) is 0 Å². The van der Waals surface area contributed by atoms with Crippen molar-refractivity contribution < 1.29 is 24.2 Å². The van der Waals surface area contributed by atoms with Crippen molar-refractivity contribution in [3.63, 3.8) is 0 Å². The molecule has 0 heterocycles. The zero-order valence-corrected chi connectivity index (χ0v) is 16.7. The lowest BCUT2D eigenvalue weighted by Crippen LogP contribution is -2.52. The highest BCUT2D eigenvalue weighted by molar-refractivity contribution is 7.80. The van der Waals surface area contributed by atoms with E-state index in [-0.39, 0.29) is 19.4 Å². The topological polar surface area (TPSA) is 105 Å². The van der Waals surface area contributed by atoms with Crippen LogP contribution in [0.1, 0.15) is 17.5 Å². The van der Waals surface area contributed by atoms with Crippen LogP contribution < -0.4 is 10.6 Å². The Bertz CT molecular complexity index is 801. The summed E-state index contributed by atoms with van der Waals surface area (Å²) in [6.45, 7) is 0.0593. The second kappa shape index (κ2) is 11.8. The number of carboxylic acid groups (broad SMARTS) is 1. The molecule has 0 saturated carbocycles. The number of hydrogen-bond acceptors (Lipinski definition) is 5. The average Bonchev–Trinajstić information content (AvgIpc) is 2.73. The van der Waals surface area contributed by atoms with Crippen LogP contribution in [0.4, 0.5) is 4.79 Å². The molecule has 0 aliphatic heterocycles. The van der Waals surface area contributed by atoms with Gasteiger partial charge < -0.3 is 20.5 Å². The minimum atomic E-state index is -1.16. The Morgan fingerprint density at radius 2 is 1.48 bits per heavy atom. The van der Waals surface area contributed by atoms with Crippen molar-refractivity contribution in [2.75, 3.05) is 5.75 Å². The zero-order valence-electron chi connectivity index (χ0n) is 15.8. The van der Waals surface area contributed by atoms with Gasteiger partial charge in [-0.05, 0) is 23.3 Å². The van der Waals surface area contributed by atoms with Crippen LogP contribution in [0.25, 0.3) is 0 Å². The smallest absolute Gasteiger partial charge is 0.408 e. The van der Waals surface area contributed by atoms with Crippen LogP contribution >= 0.6 is 12.6 Å². The zero-order chi connectivity index (χ0) is 21.1. The van der Waals surface area contributed by atoms with Gasteiger partial charge in [-0.3, -0.25) is 4.79 Å². The average molecular weight is 416 g/mol. The number of carbonyl (C=O) groups is 3. The summed E-state index contributed by atoms with van der Waals surface area (Å²) in [5.74, 6) is -1.45. The quantitative estimate of drug-likeness (QED) is 0.445. The third-order valence-electron chi connectivity index (χ3n) is 4.14. The SMILES string of the molecule is O=C(N[C@@H](Cc1ccccc1)C(=O)N[C@H](CCS)C(=O)O)OCc1ccccc1. The summed E-state index contributed by atoms with van der Waals surface area (Å²) < 4.78 is 5.19. The van der Waals surface area contributed by atoms with Crippen molar-refractivity contribution >= 4 is 30.6 Å². The number of hydrogen-bond donors (Lipinski definition) is 4. The lowest BCUT2D eigenvalue weighted by Gasteiger charge is -2.21. The number of aliphatic carboxylic acids is 1. The summed E-state index contributed by atoms with van der Waals surface area (Å²) in [6, 6.07) is 16.2. The van der Waals surface area contributed by atoms with Crippen LogP contribution in [0.2, 0.25) is 0 Å². The number of benzene rings is 2. The fourth-order valence-electron chi connectivity index (χ4n) is 2.62. The molecule has 0 aliphatic rings. The van der Waals surface area contributed by atoms with Gasteiger partial charge in [-0.2, -0.15) is 12.6 Å². The Morgan fingerprint density at radius 1 is 0.897 bits per heavy atom. The van der Waals surface area contributed by atoms with E-state index in [4.69, 9.17) is 4.74 Å². The largest absolute Gasteiger partial charge is 0.480 e. The van der Waals surface area contributed by atoms with E-state index in [9.17, 15) is 19.5 Å². The van der Waals surface area contributed by atoms with Gasteiger partial charge in [-0.15, -0.1) is 0 Å². The second-order valence-electron chi connectivity index (χ2n) is 6.36. The van der Waals surface area contributed by atoms with Gasteiger partial charge in [-0.25, -0.2) is 9.59 Å². The van der Waals surface area contributed by atoms with Gasteiger partial charge in [0.15, 0.2) is 0 Å². The number of nitrogens with one attached hydrogen (secondary N) is 2. The van der Waals surface area contributed by atoms with Crippen molar-refractivity contribution in [3.8, 4) is 0 Å². The number of rotatable bonds is 10. The molecule has 0 unspecified atom stereocenters. The van der Waals surface area contributed by atoms with E-state index in [1.165, 1.54) is 0 Å². The minimum absolute atomic E-state index is 0.0593. The number of alkyl carbamates (subject to hydrolysis) is 1. The summed E-state index contributed by atoms with van der Waals surface area (Å²) in [7, 11) is 0. The molecule has 0 spiro atoms. The maximum atomic E-state index is 12.7. The molecule has 154 valence electrons. The molecule has 3 N–H and O–H groups in total.